The fourth-order valence-corrected chi connectivity index (χ4v) is 3.83. The van der Waals surface area contributed by atoms with Gasteiger partial charge in [0, 0.05) is 12.1 Å². The highest BCUT2D eigenvalue weighted by Crippen LogP contribution is 2.41. The SMILES string of the molecule is CCCN1C(=O)C(=O)/C(=C(\O)c2cccc(OC(C)C)c2)C1c1ccc(Cl)c(Cl)c1. The van der Waals surface area contributed by atoms with Crippen LogP contribution in [0.5, 0.6) is 5.75 Å². The molecule has 1 atom stereocenters. The van der Waals surface area contributed by atoms with Crippen molar-refractivity contribution in [3.63, 3.8) is 0 Å². The largest absolute Gasteiger partial charge is 0.507 e. The molecule has 2 aromatic rings. The zero-order valence-corrected chi connectivity index (χ0v) is 18.5. The number of nitrogens with zero attached hydrogens (tertiary/aromatic N) is 1. The number of ketones is 1. The molecule has 0 bridgehead atoms. The maximum atomic E-state index is 12.9. The van der Waals surface area contributed by atoms with Gasteiger partial charge in [0.05, 0.1) is 27.8 Å². The summed E-state index contributed by atoms with van der Waals surface area (Å²) in [4.78, 5) is 27.1. The molecule has 1 N–H and O–H groups in total. The molecular weight excluding hydrogens is 425 g/mol. The maximum Gasteiger partial charge on any atom is 0.295 e. The maximum absolute atomic E-state index is 12.9. The molecule has 30 heavy (non-hydrogen) atoms. The van der Waals surface area contributed by atoms with E-state index < -0.39 is 17.7 Å². The first-order valence-electron chi connectivity index (χ1n) is 9.75. The minimum atomic E-state index is -0.755. The monoisotopic (exact) mass is 447 g/mol. The summed E-state index contributed by atoms with van der Waals surface area (Å²) in [5, 5.41) is 11.7. The average molecular weight is 448 g/mol. The van der Waals surface area contributed by atoms with Crippen molar-refractivity contribution in [2.45, 2.75) is 39.3 Å². The van der Waals surface area contributed by atoms with Crippen molar-refractivity contribution in [2.24, 2.45) is 0 Å². The van der Waals surface area contributed by atoms with Crippen LogP contribution >= 0.6 is 23.2 Å². The quantitative estimate of drug-likeness (QED) is 0.354. The van der Waals surface area contributed by atoms with E-state index in [-0.39, 0.29) is 17.4 Å². The zero-order chi connectivity index (χ0) is 22.0. The number of ether oxygens (including phenoxy) is 1. The second kappa shape index (κ2) is 9.11. The summed E-state index contributed by atoms with van der Waals surface area (Å²) in [6, 6.07) is 11.0. The van der Waals surface area contributed by atoms with Crippen LogP contribution in [-0.4, -0.2) is 34.3 Å². The first-order chi connectivity index (χ1) is 14.2. The molecule has 1 fully saturated rings. The Morgan fingerprint density at radius 3 is 2.50 bits per heavy atom. The smallest absolute Gasteiger partial charge is 0.295 e. The Hall–Kier alpha value is -2.50. The first-order valence-corrected chi connectivity index (χ1v) is 10.5. The third-order valence-electron chi connectivity index (χ3n) is 4.74. The Balaban J connectivity index is 2.16. The van der Waals surface area contributed by atoms with Gasteiger partial charge in [-0.25, -0.2) is 0 Å². The van der Waals surface area contributed by atoms with Crippen molar-refractivity contribution in [2.75, 3.05) is 6.54 Å². The number of likely N-dealkylation sites (tertiary alicyclic amines) is 1. The average Bonchev–Trinajstić information content (AvgIpc) is 2.94. The fourth-order valence-electron chi connectivity index (χ4n) is 3.52. The Morgan fingerprint density at radius 2 is 1.87 bits per heavy atom. The summed E-state index contributed by atoms with van der Waals surface area (Å²) < 4.78 is 5.69. The van der Waals surface area contributed by atoms with E-state index in [2.05, 4.69) is 0 Å². The van der Waals surface area contributed by atoms with Crippen LogP contribution in [0, 0.1) is 0 Å². The van der Waals surface area contributed by atoms with Gasteiger partial charge in [-0.3, -0.25) is 9.59 Å². The molecular formula is C23H23Cl2NO4. The van der Waals surface area contributed by atoms with Gasteiger partial charge in [-0.1, -0.05) is 48.3 Å². The molecule has 1 saturated heterocycles. The summed E-state index contributed by atoms with van der Waals surface area (Å²) in [5.41, 5.74) is 1.02. The lowest BCUT2D eigenvalue weighted by atomic mass is 9.95. The van der Waals surface area contributed by atoms with Gasteiger partial charge in [0.25, 0.3) is 11.7 Å². The van der Waals surface area contributed by atoms with Crippen LogP contribution in [0.4, 0.5) is 0 Å². The number of carbonyl (C=O) groups is 2. The number of halogens is 2. The van der Waals surface area contributed by atoms with Gasteiger partial charge in [-0.2, -0.15) is 0 Å². The van der Waals surface area contributed by atoms with Gasteiger partial charge < -0.3 is 14.7 Å². The standard InChI is InChI=1S/C23H23Cl2NO4/c1-4-10-26-20(14-8-9-17(24)18(25)12-14)19(22(28)23(26)29)21(27)15-6-5-7-16(11-15)30-13(2)3/h5-9,11-13,20,27H,4,10H2,1-3H3/b21-19-. The van der Waals surface area contributed by atoms with Gasteiger partial charge in [-0.15, -0.1) is 0 Å². The number of amides is 1. The minimum Gasteiger partial charge on any atom is -0.507 e. The molecule has 0 aliphatic carbocycles. The molecule has 0 spiro atoms. The molecule has 3 rings (SSSR count). The summed E-state index contributed by atoms with van der Waals surface area (Å²) in [6.45, 7) is 6.07. The van der Waals surface area contributed by atoms with Crippen LogP contribution in [0.3, 0.4) is 0 Å². The summed E-state index contributed by atoms with van der Waals surface area (Å²) in [6.07, 6.45) is 0.608. The number of carbonyl (C=O) groups excluding carboxylic acids is 2. The van der Waals surface area contributed by atoms with Crippen molar-refractivity contribution in [3.8, 4) is 5.75 Å². The van der Waals surface area contributed by atoms with Gasteiger partial charge in [-0.05, 0) is 50.1 Å². The highest BCUT2D eigenvalue weighted by Gasteiger charge is 2.45. The number of aliphatic hydroxyl groups excluding tert-OH is 1. The number of hydrogen-bond donors (Lipinski definition) is 1. The van der Waals surface area contributed by atoms with Gasteiger partial charge in [0.15, 0.2) is 0 Å². The van der Waals surface area contributed by atoms with E-state index in [1.165, 1.54) is 4.90 Å². The number of benzene rings is 2. The summed E-state index contributed by atoms with van der Waals surface area (Å²) >= 11 is 12.2. The predicted octanol–water partition coefficient (Wildman–Crippen LogP) is 5.61. The summed E-state index contributed by atoms with van der Waals surface area (Å²) in [7, 11) is 0. The fraction of sp³-hybridized carbons (Fsp3) is 0.304. The van der Waals surface area contributed by atoms with E-state index in [1.807, 2.05) is 20.8 Å². The molecule has 2 aromatic carbocycles. The van der Waals surface area contributed by atoms with Gasteiger partial charge >= 0.3 is 0 Å². The highest BCUT2D eigenvalue weighted by molar-refractivity contribution is 6.46. The lowest BCUT2D eigenvalue weighted by Gasteiger charge is -2.25. The molecule has 1 unspecified atom stereocenters. The van der Waals surface area contributed by atoms with Crippen molar-refractivity contribution < 1.29 is 19.4 Å². The van der Waals surface area contributed by atoms with Crippen molar-refractivity contribution in [3.05, 3.63) is 69.2 Å². The predicted molar refractivity (Wildman–Crippen MR) is 118 cm³/mol. The molecule has 1 amide bonds. The molecule has 0 aromatic heterocycles. The lowest BCUT2D eigenvalue weighted by Crippen LogP contribution is -2.30. The van der Waals surface area contributed by atoms with Crippen LogP contribution in [0.25, 0.3) is 5.76 Å². The third-order valence-corrected chi connectivity index (χ3v) is 5.48. The van der Waals surface area contributed by atoms with Crippen LogP contribution in [0.1, 0.15) is 44.4 Å². The Kier molecular flexibility index (Phi) is 6.74. The van der Waals surface area contributed by atoms with E-state index in [0.29, 0.717) is 39.9 Å². The van der Waals surface area contributed by atoms with Crippen LogP contribution < -0.4 is 4.74 Å². The third kappa shape index (κ3) is 4.32. The normalized spacial score (nSPS) is 18.3. The van der Waals surface area contributed by atoms with Crippen LogP contribution in [0.2, 0.25) is 10.0 Å². The molecule has 7 heteroatoms. The van der Waals surface area contributed by atoms with Crippen LogP contribution in [-0.2, 0) is 9.59 Å². The summed E-state index contributed by atoms with van der Waals surface area (Å²) in [5.74, 6) is -1.07. The Morgan fingerprint density at radius 1 is 1.13 bits per heavy atom. The number of Topliss-reactive ketones (excluding diaryl/α,β-unsaturated/α-hetero) is 1. The lowest BCUT2D eigenvalue weighted by molar-refractivity contribution is -0.139. The number of hydrogen-bond acceptors (Lipinski definition) is 4. The second-order valence-electron chi connectivity index (χ2n) is 7.36. The van der Waals surface area contributed by atoms with E-state index >= 15 is 0 Å². The molecule has 1 heterocycles. The van der Waals surface area contributed by atoms with E-state index in [1.54, 1.807) is 42.5 Å². The van der Waals surface area contributed by atoms with Crippen molar-refractivity contribution in [1.29, 1.82) is 0 Å². The molecule has 0 saturated carbocycles. The topological polar surface area (TPSA) is 66.8 Å². The van der Waals surface area contributed by atoms with Gasteiger partial charge in [0.1, 0.15) is 11.5 Å². The Bertz CT molecular complexity index is 1020. The highest BCUT2D eigenvalue weighted by atomic mass is 35.5. The Labute approximate surface area is 185 Å². The number of aliphatic hydroxyl groups is 1. The van der Waals surface area contributed by atoms with Gasteiger partial charge in [0.2, 0.25) is 0 Å². The molecule has 158 valence electrons. The van der Waals surface area contributed by atoms with Crippen molar-refractivity contribution >= 4 is 40.7 Å². The van der Waals surface area contributed by atoms with Crippen molar-refractivity contribution in [1.82, 2.24) is 4.90 Å². The minimum absolute atomic E-state index is 0.0218. The van der Waals surface area contributed by atoms with E-state index in [9.17, 15) is 14.7 Å². The first kappa shape index (κ1) is 22.2. The molecule has 5 nitrogen and oxygen atoms in total. The molecule has 1 aliphatic rings. The van der Waals surface area contributed by atoms with Crippen LogP contribution in [0.15, 0.2) is 48.0 Å². The van der Waals surface area contributed by atoms with E-state index in [4.69, 9.17) is 27.9 Å². The molecule has 1 aliphatic heterocycles. The second-order valence-corrected chi connectivity index (χ2v) is 8.17. The number of rotatable bonds is 6. The van der Waals surface area contributed by atoms with E-state index in [0.717, 1.165) is 0 Å². The zero-order valence-electron chi connectivity index (χ0n) is 17.0. The molecule has 0 radical (unpaired) electrons.